The van der Waals surface area contributed by atoms with Gasteiger partial charge in [0.15, 0.2) is 0 Å². The van der Waals surface area contributed by atoms with Gasteiger partial charge in [-0.2, -0.15) is 0 Å². The number of hydrogen-bond acceptors (Lipinski definition) is 6. The molecule has 1 aliphatic heterocycles. The van der Waals surface area contributed by atoms with Gasteiger partial charge in [0.1, 0.15) is 17.0 Å². The van der Waals surface area contributed by atoms with Gasteiger partial charge >= 0.3 is 0 Å². The monoisotopic (exact) mass is 369 g/mol. The molecule has 2 heterocycles. The van der Waals surface area contributed by atoms with Crippen molar-refractivity contribution in [2.24, 2.45) is 0 Å². The number of amides is 2. The summed E-state index contributed by atoms with van der Waals surface area (Å²) in [5, 5.41) is 6.10. The van der Waals surface area contributed by atoms with Crippen molar-refractivity contribution in [3.63, 3.8) is 0 Å². The molecule has 0 atom stereocenters. The predicted molar refractivity (Wildman–Crippen MR) is 101 cm³/mol. The zero-order valence-electron chi connectivity index (χ0n) is 15.4. The summed E-state index contributed by atoms with van der Waals surface area (Å²) in [5.41, 5.74) is 0.317. The molecule has 1 aliphatic rings. The van der Waals surface area contributed by atoms with E-state index in [4.69, 9.17) is 4.74 Å². The number of hydrogen-bond donors (Lipinski definition) is 2. The molecule has 0 bridgehead atoms. The van der Waals surface area contributed by atoms with Gasteiger partial charge in [-0.1, -0.05) is 6.07 Å². The zero-order valence-corrected chi connectivity index (χ0v) is 15.4. The van der Waals surface area contributed by atoms with Crippen LogP contribution in [-0.2, 0) is 4.79 Å². The maximum absolute atomic E-state index is 12.7. The number of carbonyl (C=O) groups excluding carboxylic acids is 2. The van der Waals surface area contributed by atoms with Crippen LogP contribution in [0.15, 0.2) is 42.9 Å². The van der Waals surface area contributed by atoms with Crippen molar-refractivity contribution in [1.82, 2.24) is 20.2 Å². The minimum Gasteiger partial charge on any atom is -0.497 e. The van der Waals surface area contributed by atoms with Crippen LogP contribution in [0.3, 0.4) is 0 Å². The number of carbonyl (C=O) groups is 2. The van der Waals surface area contributed by atoms with E-state index in [2.05, 4.69) is 20.6 Å². The molecule has 0 saturated carbocycles. The van der Waals surface area contributed by atoms with E-state index in [1.807, 2.05) is 24.3 Å². The van der Waals surface area contributed by atoms with Crippen molar-refractivity contribution in [2.75, 3.05) is 32.6 Å². The molecule has 0 unspecified atom stereocenters. The van der Waals surface area contributed by atoms with Crippen molar-refractivity contribution in [3.8, 4) is 5.75 Å². The van der Waals surface area contributed by atoms with Gasteiger partial charge in [-0.3, -0.25) is 14.6 Å². The van der Waals surface area contributed by atoms with E-state index in [1.165, 1.54) is 18.6 Å². The molecule has 3 rings (SSSR count). The summed E-state index contributed by atoms with van der Waals surface area (Å²) in [7, 11) is 3.22. The Balaban J connectivity index is 1.75. The van der Waals surface area contributed by atoms with E-state index in [0.29, 0.717) is 37.4 Å². The number of anilines is 1. The van der Waals surface area contributed by atoms with Crippen molar-refractivity contribution in [1.29, 1.82) is 0 Å². The first-order chi connectivity index (χ1) is 13.1. The molecule has 1 aromatic carbocycles. The highest BCUT2D eigenvalue weighted by molar-refractivity contribution is 5.93. The zero-order chi connectivity index (χ0) is 19.3. The molecule has 1 fully saturated rings. The number of piperidine rings is 1. The van der Waals surface area contributed by atoms with Crippen LogP contribution in [-0.4, -0.2) is 59.5 Å². The topological polar surface area (TPSA) is 96.5 Å². The second-order valence-electron chi connectivity index (χ2n) is 6.40. The fourth-order valence-corrected chi connectivity index (χ4v) is 3.29. The molecule has 2 aromatic rings. The van der Waals surface area contributed by atoms with Gasteiger partial charge < -0.3 is 20.3 Å². The highest BCUT2D eigenvalue weighted by Gasteiger charge is 2.42. The standard InChI is InChI=1S/C19H23N5O3/c1-20-18(26)19(23-14-4-3-5-15(12-14)27-2)6-10-24(11-7-19)17(25)16-13-21-8-9-22-16/h3-5,8-9,12-13,23H,6-7,10-11H2,1-2H3,(H,20,26). The lowest BCUT2D eigenvalue weighted by atomic mass is 9.85. The first-order valence-electron chi connectivity index (χ1n) is 8.78. The average Bonchev–Trinajstić information content (AvgIpc) is 2.74. The number of benzene rings is 1. The maximum atomic E-state index is 12.7. The minimum absolute atomic E-state index is 0.100. The molecular formula is C19H23N5O3. The van der Waals surface area contributed by atoms with Crippen molar-refractivity contribution >= 4 is 17.5 Å². The SMILES string of the molecule is CNC(=O)C1(Nc2cccc(OC)c2)CCN(C(=O)c2cnccn2)CC1. The third kappa shape index (κ3) is 3.99. The summed E-state index contributed by atoms with van der Waals surface area (Å²) in [6, 6.07) is 7.46. The molecule has 1 aromatic heterocycles. The van der Waals surface area contributed by atoms with Gasteiger partial charge in [0.05, 0.1) is 13.3 Å². The Bertz CT molecular complexity index is 804. The Labute approximate surface area is 158 Å². The van der Waals surface area contributed by atoms with Crippen LogP contribution < -0.4 is 15.4 Å². The molecule has 2 amide bonds. The highest BCUT2D eigenvalue weighted by Crippen LogP contribution is 2.29. The first-order valence-corrected chi connectivity index (χ1v) is 8.78. The van der Waals surface area contributed by atoms with Crippen LogP contribution in [0.4, 0.5) is 5.69 Å². The van der Waals surface area contributed by atoms with Crippen LogP contribution in [0.1, 0.15) is 23.3 Å². The smallest absolute Gasteiger partial charge is 0.274 e. The van der Waals surface area contributed by atoms with E-state index < -0.39 is 5.54 Å². The fraction of sp³-hybridized carbons (Fsp3) is 0.368. The van der Waals surface area contributed by atoms with Crippen LogP contribution in [0.5, 0.6) is 5.75 Å². The predicted octanol–water partition coefficient (Wildman–Crippen LogP) is 1.32. The van der Waals surface area contributed by atoms with Crippen LogP contribution in [0.2, 0.25) is 0 Å². The molecule has 1 saturated heterocycles. The maximum Gasteiger partial charge on any atom is 0.274 e. The van der Waals surface area contributed by atoms with Crippen molar-refractivity contribution < 1.29 is 14.3 Å². The summed E-state index contributed by atoms with van der Waals surface area (Å²) in [6.45, 7) is 0.888. The quantitative estimate of drug-likeness (QED) is 0.825. The van der Waals surface area contributed by atoms with Gasteiger partial charge in [0.2, 0.25) is 5.91 Å². The van der Waals surface area contributed by atoms with Crippen LogP contribution in [0.25, 0.3) is 0 Å². The van der Waals surface area contributed by atoms with Crippen molar-refractivity contribution in [3.05, 3.63) is 48.5 Å². The Hall–Kier alpha value is -3.16. The van der Waals surface area contributed by atoms with Crippen LogP contribution in [0, 0.1) is 0 Å². The number of likely N-dealkylation sites (tertiary alicyclic amines) is 1. The van der Waals surface area contributed by atoms with E-state index in [0.717, 1.165) is 5.69 Å². The number of methoxy groups -OCH3 is 1. The largest absolute Gasteiger partial charge is 0.497 e. The summed E-state index contributed by atoms with van der Waals surface area (Å²) in [4.78, 5) is 35.0. The van der Waals surface area contributed by atoms with Crippen molar-refractivity contribution in [2.45, 2.75) is 18.4 Å². The number of likely N-dealkylation sites (N-methyl/N-ethyl adjacent to an activating group) is 1. The molecule has 0 spiro atoms. The molecular weight excluding hydrogens is 346 g/mol. The van der Waals surface area contributed by atoms with E-state index in [-0.39, 0.29) is 11.8 Å². The van der Waals surface area contributed by atoms with Crippen LogP contribution >= 0.6 is 0 Å². The fourth-order valence-electron chi connectivity index (χ4n) is 3.29. The molecule has 27 heavy (non-hydrogen) atoms. The normalized spacial score (nSPS) is 15.7. The lowest BCUT2D eigenvalue weighted by Gasteiger charge is -2.41. The summed E-state index contributed by atoms with van der Waals surface area (Å²) in [5.74, 6) is 0.439. The number of aromatic nitrogens is 2. The van der Waals surface area contributed by atoms with Gasteiger partial charge in [0, 0.05) is 44.3 Å². The van der Waals surface area contributed by atoms with E-state index in [1.54, 1.807) is 19.1 Å². The molecule has 0 aliphatic carbocycles. The third-order valence-corrected chi connectivity index (χ3v) is 4.80. The Morgan fingerprint density at radius 1 is 1.22 bits per heavy atom. The molecule has 8 heteroatoms. The first kappa shape index (κ1) is 18.6. The second-order valence-corrected chi connectivity index (χ2v) is 6.40. The molecule has 2 N–H and O–H groups in total. The second kappa shape index (κ2) is 8.03. The molecule has 0 radical (unpaired) electrons. The minimum atomic E-state index is -0.791. The van der Waals surface area contributed by atoms with Gasteiger partial charge in [-0.05, 0) is 25.0 Å². The van der Waals surface area contributed by atoms with Gasteiger partial charge in [-0.25, -0.2) is 4.98 Å². The Morgan fingerprint density at radius 2 is 2.00 bits per heavy atom. The lowest BCUT2D eigenvalue weighted by molar-refractivity contribution is -0.126. The lowest BCUT2D eigenvalue weighted by Crippen LogP contribution is -2.58. The average molecular weight is 369 g/mol. The summed E-state index contributed by atoms with van der Waals surface area (Å²) >= 11 is 0. The number of nitrogens with zero attached hydrogens (tertiary/aromatic N) is 3. The highest BCUT2D eigenvalue weighted by atomic mass is 16.5. The Morgan fingerprint density at radius 3 is 2.63 bits per heavy atom. The van der Waals surface area contributed by atoms with Gasteiger partial charge in [0.25, 0.3) is 5.91 Å². The third-order valence-electron chi connectivity index (χ3n) is 4.80. The Kier molecular flexibility index (Phi) is 5.54. The van der Waals surface area contributed by atoms with Gasteiger partial charge in [-0.15, -0.1) is 0 Å². The number of ether oxygens (including phenoxy) is 1. The molecule has 142 valence electrons. The van der Waals surface area contributed by atoms with E-state index >= 15 is 0 Å². The van der Waals surface area contributed by atoms with E-state index in [9.17, 15) is 9.59 Å². The number of rotatable bonds is 5. The molecule has 8 nitrogen and oxygen atoms in total. The number of nitrogens with one attached hydrogen (secondary N) is 2. The summed E-state index contributed by atoms with van der Waals surface area (Å²) < 4.78 is 5.25. The summed E-state index contributed by atoms with van der Waals surface area (Å²) in [6.07, 6.45) is 5.45.